The number of carbonyl (C=O) groups is 1. The lowest BCUT2D eigenvalue weighted by Gasteiger charge is -2.34. The Bertz CT molecular complexity index is 912. The van der Waals surface area contributed by atoms with Crippen molar-refractivity contribution in [3.05, 3.63) is 29.5 Å². The van der Waals surface area contributed by atoms with Crippen molar-refractivity contribution in [3.63, 3.8) is 0 Å². The minimum Gasteiger partial charge on any atom is -0.493 e. The second kappa shape index (κ2) is 7.48. The number of carboxylic acid groups (broad SMARTS) is 1. The molecule has 6 nitrogen and oxygen atoms in total. The van der Waals surface area contributed by atoms with Crippen molar-refractivity contribution in [2.75, 3.05) is 20.2 Å². The van der Waals surface area contributed by atoms with Crippen LogP contribution in [-0.2, 0) is 16.8 Å². The first-order valence-corrected chi connectivity index (χ1v) is 10.0. The first-order chi connectivity index (χ1) is 13.6. The Kier molecular flexibility index (Phi) is 5.03. The summed E-state index contributed by atoms with van der Waals surface area (Å²) in [6.45, 7) is 2.93. The van der Waals surface area contributed by atoms with E-state index >= 15 is 0 Å². The molecule has 6 heteroatoms. The molecule has 2 heterocycles. The van der Waals surface area contributed by atoms with E-state index in [1.807, 2.05) is 18.2 Å². The van der Waals surface area contributed by atoms with Gasteiger partial charge in [-0.3, -0.25) is 9.69 Å². The number of methoxy groups -OCH3 is 1. The number of benzene rings is 1. The molecule has 1 aromatic heterocycles. The maximum atomic E-state index is 11.3. The molecule has 0 spiro atoms. The third-order valence-corrected chi connectivity index (χ3v) is 6.41. The van der Waals surface area contributed by atoms with E-state index in [4.69, 9.17) is 9.15 Å². The van der Waals surface area contributed by atoms with Gasteiger partial charge in [-0.05, 0) is 69.3 Å². The van der Waals surface area contributed by atoms with Crippen LogP contribution in [0.1, 0.15) is 49.8 Å². The van der Waals surface area contributed by atoms with Gasteiger partial charge in [0.25, 0.3) is 0 Å². The average Bonchev–Trinajstić information content (AvgIpc) is 3.37. The first kappa shape index (κ1) is 18.8. The van der Waals surface area contributed by atoms with Gasteiger partial charge in [-0.25, -0.2) is 0 Å². The van der Waals surface area contributed by atoms with Gasteiger partial charge in [-0.2, -0.15) is 5.26 Å². The zero-order valence-electron chi connectivity index (χ0n) is 16.2. The molecule has 0 amide bonds. The topological polar surface area (TPSA) is 86.7 Å². The number of rotatable bonds is 5. The van der Waals surface area contributed by atoms with Crippen LogP contribution in [0.25, 0.3) is 11.0 Å². The summed E-state index contributed by atoms with van der Waals surface area (Å²) in [7, 11) is 1.62. The fraction of sp³-hybridized carbons (Fsp3) is 0.545. The SMILES string of the molecule is COc1ccc(C2(C#N)CCC(C(=O)O)CC2)c2cc(CN3CCCC3)oc12. The van der Waals surface area contributed by atoms with E-state index in [1.165, 1.54) is 12.8 Å². The Morgan fingerprint density at radius 1 is 1.36 bits per heavy atom. The van der Waals surface area contributed by atoms with Crippen molar-refractivity contribution in [3.8, 4) is 11.8 Å². The molecule has 1 aliphatic heterocycles. The maximum Gasteiger partial charge on any atom is 0.306 e. The summed E-state index contributed by atoms with van der Waals surface area (Å²) < 4.78 is 11.7. The fourth-order valence-electron chi connectivity index (χ4n) is 4.77. The van der Waals surface area contributed by atoms with E-state index in [9.17, 15) is 15.2 Å². The third kappa shape index (κ3) is 3.24. The number of likely N-dealkylation sites (tertiary alicyclic amines) is 1. The zero-order valence-corrected chi connectivity index (χ0v) is 16.2. The summed E-state index contributed by atoms with van der Waals surface area (Å²) in [5, 5.41) is 20.3. The van der Waals surface area contributed by atoms with Gasteiger partial charge < -0.3 is 14.3 Å². The van der Waals surface area contributed by atoms with Gasteiger partial charge in [-0.15, -0.1) is 0 Å². The average molecular weight is 382 g/mol. The predicted molar refractivity (Wildman–Crippen MR) is 104 cm³/mol. The van der Waals surface area contributed by atoms with E-state index in [-0.39, 0.29) is 5.92 Å². The summed E-state index contributed by atoms with van der Waals surface area (Å²) in [6, 6.07) is 8.39. The number of ether oxygens (including phenoxy) is 1. The molecule has 1 N–H and O–H groups in total. The standard InChI is InChI=1S/C22H26N2O4/c1-27-19-5-4-18(22(14-23)8-6-15(7-9-22)21(25)26)17-12-16(28-20(17)19)13-24-10-2-3-11-24/h4-5,12,15H,2-3,6-11,13H2,1H3,(H,25,26). The van der Waals surface area contributed by atoms with Crippen LogP contribution in [0, 0.1) is 17.2 Å². The van der Waals surface area contributed by atoms with Crippen molar-refractivity contribution in [1.29, 1.82) is 5.26 Å². The van der Waals surface area contributed by atoms with E-state index in [1.54, 1.807) is 7.11 Å². The highest BCUT2D eigenvalue weighted by Crippen LogP contribution is 2.46. The Hall–Kier alpha value is -2.52. The molecule has 2 fully saturated rings. The number of fused-ring (bicyclic) bond motifs is 1. The van der Waals surface area contributed by atoms with E-state index < -0.39 is 11.4 Å². The van der Waals surface area contributed by atoms with Crippen LogP contribution in [0.15, 0.2) is 22.6 Å². The Morgan fingerprint density at radius 2 is 2.07 bits per heavy atom. The largest absolute Gasteiger partial charge is 0.493 e. The normalized spacial score (nSPS) is 25.6. The molecule has 0 atom stereocenters. The molecule has 2 aromatic rings. The van der Waals surface area contributed by atoms with Crippen LogP contribution >= 0.6 is 0 Å². The fourth-order valence-corrected chi connectivity index (χ4v) is 4.77. The molecule has 1 saturated heterocycles. The quantitative estimate of drug-likeness (QED) is 0.839. The monoisotopic (exact) mass is 382 g/mol. The number of hydrogen-bond donors (Lipinski definition) is 1. The number of furan rings is 1. The minimum atomic E-state index is -0.761. The van der Waals surface area contributed by atoms with E-state index in [0.29, 0.717) is 37.0 Å². The number of aliphatic carboxylic acids is 1. The number of nitrogens with zero attached hydrogens (tertiary/aromatic N) is 2. The lowest BCUT2D eigenvalue weighted by molar-refractivity contribution is -0.143. The van der Waals surface area contributed by atoms with E-state index in [0.717, 1.165) is 36.3 Å². The Labute approximate surface area is 164 Å². The van der Waals surface area contributed by atoms with Crippen LogP contribution in [0.2, 0.25) is 0 Å². The summed E-state index contributed by atoms with van der Waals surface area (Å²) in [4.78, 5) is 13.7. The molecule has 0 bridgehead atoms. The van der Waals surface area contributed by atoms with Crippen LogP contribution in [0.5, 0.6) is 5.75 Å². The third-order valence-electron chi connectivity index (χ3n) is 6.41. The smallest absolute Gasteiger partial charge is 0.306 e. The highest BCUT2D eigenvalue weighted by atomic mass is 16.5. The molecule has 2 aliphatic rings. The van der Waals surface area contributed by atoms with Crippen molar-refractivity contribution < 1.29 is 19.1 Å². The number of hydrogen-bond acceptors (Lipinski definition) is 5. The number of carboxylic acids is 1. The highest BCUT2D eigenvalue weighted by molar-refractivity contribution is 5.88. The lowest BCUT2D eigenvalue weighted by Crippen LogP contribution is -2.33. The van der Waals surface area contributed by atoms with Crippen molar-refractivity contribution in [2.24, 2.45) is 5.92 Å². The molecule has 148 valence electrons. The van der Waals surface area contributed by atoms with Gasteiger partial charge in [0, 0.05) is 5.39 Å². The summed E-state index contributed by atoms with van der Waals surface area (Å²) in [6.07, 6.45) is 4.58. The summed E-state index contributed by atoms with van der Waals surface area (Å²) in [5.41, 5.74) is 0.945. The van der Waals surface area contributed by atoms with Gasteiger partial charge in [0.2, 0.25) is 0 Å². The van der Waals surface area contributed by atoms with Crippen molar-refractivity contribution in [1.82, 2.24) is 4.90 Å². The van der Waals surface area contributed by atoms with Crippen LogP contribution in [0.4, 0.5) is 0 Å². The zero-order chi connectivity index (χ0) is 19.7. The molecule has 1 aliphatic carbocycles. The van der Waals surface area contributed by atoms with Gasteiger partial charge in [-0.1, -0.05) is 6.07 Å². The molecular weight excluding hydrogens is 356 g/mol. The molecule has 1 saturated carbocycles. The second-order valence-corrected chi connectivity index (χ2v) is 8.06. The summed E-state index contributed by atoms with van der Waals surface area (Å²) in [5.74, 6) is 0.432. The van der Waals surface area contributed by atoms with Crippen molar-refractivity contribution >= 4 is 16.9 Å². The molecule has 1 aromatic carbocycles. The molecular formula is C22H26N2O4. The Balaban J connectivity index is 1.72. The molecule has 28 heavy (non-hydrogen) atoms. The van der Waals surface area contributed by atoms with E-state index in [2.05, 4.69) is 11.0 Å². The van der Waals surface area contributed by atoms with Gasteiger partial charge in [0.15, 0.2) is 11.3 Å². The van der Waals surface area contributed by atoms with Crippen molar-refractivity contribution in [2.45, 2.75) is 50.5 Å². The molecule has 0 unspecified atom stereocenters. The maximum absolute atomic E-state index is 11.3. The minimum absolute atomic E-state index is 0.356. The number of nitriles is 1. The van der Waals surface area contributed by atoms with Gasteiger partial charge in [0.05, 0.1) is 31.1 Å². The summed E-state index contributed by atoms with van der Waals surface area (Å²) >= 11 is 0. The first-order valence-electron chi connectivity index (χ1n) is 10.0. The van der Waals surface area contributed by atoms with Gasteiger partial charge >= 0.3 is 5.97 Å². The van der Waals surface area contributed by atoms with Crippen LogP contribution in [0.3, 0.4) is 0 Å². The van der Waals surface area contributed by atoms with Gasteiger partial charge in [0.1, 0.15) is 5.76 Å². The Morgan fingerprint density at radius 3 is 2.68 bits per heavy atom. The second-order valence-electron chi connectivity index (χ2n) is 8.06. The lowest BCUT2D eigenvalue weighted by atomic mass is 9.67. The van der Waals surface area contributed by atoms with Crippen LogP contribution < -0.4 is 4.74 Å². The van der Waals surface area contributed by atoms with Crippen LogP contribution in [-0.4, -0.2) is 36.2 Å². The molecule has 4 rings (SSSR count). The highest BCUT2D eigenvalue weighted by Gasteiger charge is 2.40. The predicted octanol–water partition coefficient (Wildman–Crippen LogP) is 4.07. The molecule has 0 radical (unpaired) electrons.